The summed E-state index contributed by atoms with van der Waals surface area (Å²) in [6.07, 6.45) is 3.99. The predicted molar refractivity (Wildman–Crippen MR) is 108 cm³/mol. The lowest BCUT2D eigenvalue weighted by Gasteiger charge is -2.17. The first-order chi connectivity index (χ1) is 13.4. The number of hydrogen-bond acceptors (Lipinski definition) is 6. The fourth-order valence-electron chi connectivity index (χ4n) is 3.35. The third-order valence-electron chi connectivity index (χ3n) is 4.62. The second kappa shape index (κ2) is 7.23. The van der Waals surface area contributed by atoms with Crippen LogP contribution in [-0.4, -0.2) is 40.5 Å². The van der Waals surface area contributed by atoms with Crippen molar-refractivity contribution in [2.24, 2.45) is 0 Å². The zero-order valence-corrected chi connectivity index (χ0v) is 16.6. The van der Waals surface area contributed by atoms with Gasteiger partial charge in [0.05, 0.1) is 29.5 Å². The van der Waals surface area contributed by atoms with Crippen LogP contribution in [0.25, 0.3) is 5.82 Å². The van der Waals surface area contributed by atoms with Crippen LogP contribution >= 0.6 is 0 Å². The van der Waals surface area contributed by atoms with E-state index in [9.17, 15) is 8.42 Å². The molecule has 0 aliphatic carbocycles. The molecule has 0 amide bonds. The molecule has 0 atom stereocenters. The van der Waals surface area contributed by atoms with Crippen LogP contribution in [0.2, 0.25) is 0 Å². The molecule has 1 saturated heterocycles. The van der Waals surface area contributed by atoms with E-state index in [0.717, 1.165) is 17.0 Å². The average molecular weight is 398 g/mol. The van der Waals surface area contributed by atoms with Crippen LogP contribution in [0, 0.1) is 13.8 Å². The molecule has 146 valence electrons. The van der Waals surface area contributed by atoms with Gasteiger partial charge in [0.1, 0.15) is 5.82 Å². The molecule has 1 aromatic carbocycles. The summed E-state index contributed by atoms with van der Waals surface area (Å²) in [5.41, 5.74) is 3.59. The second-order valence-electron chi connectivity index (χ2n) is 6.87. The average Bonchev–Trinajstić information content (AvgIpc) is 3.20. The normalized spacial score (nSPS) is 15.7. The Morgan fingerprint density at radius 3 is 2.75 bits per heavy atom. The SMILES string of the molecule is Cc1cc(C)n(-c2cncc(NCc3cccc(N4CCCS4(=O)=O)c3)n2)n1. The van der Waals surface area contributed by atoms with E-state index in [4.69, 9.17) is 0 Å². The summed E-state index contributed by atoms with van der Waals surface area (Å²) >= 11 is 0. The second-order valence-corrected chi connectivity index (χ2v) is 8.88. The van der Waals surface area contributed by atoms with E-state index in [2.05, 4.69) is 20.4 Å². The summed E-state index contributed by atoms with van der Waals surface area (Å²) in [5.74, 6) is 1.49. The first kappa shape index (κ1) is 18.4. The molecule has 3 heterocycles. The number of hydrogen-bond donors (Lipinski definition) is 1. The molecule has 0 radical (unpaired) electrons. The monoisotopic (exact) mass is 398 g/mol. The zero-order chi connectivity index (χ0) is 19.7. The van der Waals surface area contributed by atoms with Crippen LogP contribution in [0.5, 0.6) is 0 Å². The lowest BCUT2D eigenvalue weighted by atomic mass is 10.2. The van der Waals surface area contributed by atoms with Crippen molar-refractivity contribution in [3.05, 3.63) is 59.7 Å². The van der Waals surface area contributed by atoms with Crippen LogP contribution in [0.3, 0.4) is 0 Å². The molecule has 0 spiro atoms. The maximum absolute atomic E-state index is 12.1. The summed E-state index contributed by atoms with van der Waals surface area (Å²) in [6, 6.07) is 9.54. The molecular formula is C19H22N6O2S. The number of anilines is 2. The van der Waals surface area contributed by atoms with E-state index in [1.807, 2.05) is 44.2 Å². The fourth-order valence-corrected chi connectivity index (χ4v) is 4.90. The fraction of sp³-hybridized carbons (Fsp3) is 0.316. The molecule has 1 aliphatic rings. The van der Waals surface area contributed by atoms with Crippen molar-refractivity contribution in [3.63, 3.8) is 0 Å². The van der Waals surface area contributed by atoms with Crippen LogP contribution in [0.4, 0.5) is 11.5 Å². The van der Waals surface area contributed by atoms with Crippen molar-refractivity contribution in [1.82, 2.24) is 19.7 Å². The molecule has 0 saturated carbocycles. The van der Waals surface area contributed by atoms with Crippen LogP contribution in [0.1, 0.15) is 23.4 Å². The highest BCUT2D eigenvalue weighted by Crippen LogP contribution is 2.25. The van der Waals surface area contributed by atoms with Gasteiger partial charge in [0, 0.05) is 18.8 Å². The molecule has 28 heavy (non-hydrogen) atoms. The minimum Gasteiger partial charge on any atom is -0.365 e. The standard InChI is InChI=1S/C19H22N6O2S/c1-14-9-15(2)25(23-14)19-13-20-12-18(22-19)21-11-16-5-3-6-17(10-16)24-7-4-8-28(24,26)27/h3,5-6,9-10,12-13H,4,7-8,11H2,1-2H3,(H,21,22). The summed E-state index contributed by atoms with van der Waals surface area (Å²) < 4.78 is 27.5. The van der Waals surface area contributed by atoms with Crippen LogP contribution in [-0.2, 0) is 16.6 Å². The van der Waals surface area contributed by atoms with E-state index in [-0.39, 0.29) is 5.75 Å². The lowest BCUT2D eigenvalue weighted by Crippen LogP contribution is -2.25. The molecule has 3 aromatic rings. The highest BCUT2D eigenvalue weighted by atomic mass is 32.2. The van der Waals surface area contributed by atoms with Gasteiger partial charge in [-0.2, -0.15) is 5.10 Å². The van der Waals surface area contributed by atoms with Gasteiger partial charge < -0.3 is 5.32 Å². The summed E-state index contributed by atoms with van der Waals surface area (Å²) in [4.78, 5) is 8.83. The number of nitrogens with zero attached hydrogens (tertiary/aromatic N) is 5. The van der Waals surface area contributed by atoms with Gasteiger partial charge in [-0.1, -0.05) is 12.1 Å². The highest BCUT2D eigenvalue weighted by molar-refractivity contribution is 7.93. The molecule has 1 N–H and O–H groups in total. The zero-order valence-electron chi connectivity index (χ0n) is 15.8. The Labute approximate surface area is 164 Å². The van der Waals surface area contributed by atoms with Gasteiger partial charge in [0.15, 0.2) is 5.82 Å². The maximum atomic E-state index is 12.1. The quantitative estimate of drug-likeness (QED) is 0.710. The van der Waals surface area contributed by atoms with Crippen LogP contribution in [0.15, 0.2) is 42.7 Å². The Balaban J connectivity index is 1.50. The van der Waals surface area contributed by atoms with Gasteiger partial charge in [-0.15, -0.1) is 0 Å². The van der Waals surface area contributed by atoms with E-state index >= 15 is 0 Å². The number of sulfonamides is 1. The van der Waals surface area contributed by atoms with Crippen molar-refractivity contribution < 1.29 is 8.42 Å². The first-order valence-corrected chi connectivity index (χ1v) is 10.7. The lowest BCUT2D eigenvalue weighted by molar-refractivity contribution is 0.599. The minimum atomic E-state index is -3.18. The Morgan fingerprint density at radius 2 is 2.04 bits per heavy atom. The van der Waals surface area contributed by atoms with E-state index < -0.39 is 10.0 Å². The predicted octanol–water partition coefficient (Wildman–Crippen LogP) is 2.43. The largest absolute Gasteiger partial charge is 0.365 e. The Hall–Kier alpha value is -2.94. The molecule has 4 rings (SSSR count). The third-order valence-corrected chi connectivity index (χ3v) is 6.49. The molecule has 1 aliphatic heterocycles. The molecule has 0 unspecified atom stereocenters. The van der Waals surface area contributed by atoms with Crippen molar-refractivity contribution in [1.29, 1.82) is 0 Å². The van der Waals surface area contributed by atoms with Crippen LogP contribution < -0.4 is 9.62 Å². The molecule has 9 heteroatoms. The molecule has 2 aromatic heterocycles. The Morgan fingerprint density at radius 1 is 1.18 bits per heavy atom. The van der Waals surface area contributed by atoms with Gasteiger partial charge in [-0.25, -0.2) is 18.1 Å². The van der Waals surface area contributed by atoms with Gasteiger partial charge in [0.25, 0.3) is 0 Å². The van der Waals surface area contributed by atoms with Gasteiger partial charge in [0.2, 0.25) is 10.0 Å². The Bertz CT molecular complexity index is 1110. The first-order valence-electron chi connectivity index (χ1n) is 9.11. The van der Waals surface area contributed by atoms with Crippen molar-refractivity contribution in [2.75, 3.05) is 21.9 Å². The maximum Gasteiger partial charge on any atom is 0.235 e. The summed E-state index contributed by atoms with van der Waals surface area (Å²) in [5, 5.41) is 7.69. The van der Waals surface area contributed by atoms with E-state index in [1.165, 1.54) is 4.31 Å². The number of rotatable bonds is 5. The minimum absolute atomic E-state index is 0.212. The molecule has 1 fully saturated rings. The van der Waals surface area contributed by atoms with Gasteiger partial charge >= 0.3 is 0 Å². The number of benzene rings is 1. The molecular weight excluding hydrogens is 376 g/mol. The smallest absolute Gasteiger partial charge is 0.235 e. The summed E-state index contributed by atoms with van der Waals surface area (Å²) in [6.45, 7) is 4.96. The van der Waals surface area contributed by atoms with Gasteiger partial charge in [-0.05, 0) is 44.0 Å². The van der Waals surface area contributed by atoms with Crippen molar-refractivity contribution in [3.8, 4) is 5.82 Å². The number of aryl methyl sites for hydroxylation is 2. The van der Waals surface area contributed by atoms with Gasteiger partial charge in [-0.3, -0.25) is 9.29 Å². The molecule has 8 nitrogen and oxygen atoms in total. The number of aromatic nitrogens is 4. The molecule has 0 bridgehead atoms. The van der Waals surface area contributed by atoms with Crippen molar-refractivity contribution >= 4 is 21.5 Å². The third kappa shape index (κ3) is 3.70. The van der Waals surface area contributed by atoms with E-state index in [0.29, 0.717) is 36.8 Å². The number of nitrogens with one attached hydrogen (secondary N) is 1. The summed E-state index contributed by atoms with van der Waals surface area (Å²) in [7, 11) is -3.18. The topological polar surface area (TPSA) is 93.0 Å². The highest BCUT2D eigenvalue weighted by Gasteiger charge is 2.28. The Kier molecular flexibility index (Phi) is 4.76. The van der Waals surface area contributed by atoms with Crippen molar-refractivity contribution in [2.45, 2.75) is 26.8 Å². The van der Waals surface area contributed by atoms with E-state index in [1.54, 1.807) is 17.1 Å².